The summed E-state index contributed by atoms with van der Waals surface area (Å²) >= 11 is 0. The normalized spacial score (nSPS) is 16.2. The Morgan fingerprint density at radius 3 is 2.72 bits per heavy atom. The van der Waals surface area contributed by atoms with E-state index in [1.54, 1.807) is 7.05 Å². The molecule has 1 aliphatic heterocycles. The summed E-state index contributed by atoms with van der Waals surface area (Å²) in [4.78, 5) is 4.33. The zero-order chi connectivity index (χ0) is 19.6. The second-order valence-corrected chi connectivity index (χ2v) is 7.16. The second-order valence-electron chi connectivity index (χ2n) is 7.16. The number of hydrogen-bond donors (Lipinski definition) is 2. The molecule has 158 valence electrons. The molecule has 3 rings (SSSR count). The van der Waals surface area contributed by atoms with Crippen LogP contribution < -0.4 is 15.4 Å². The molecule has 1 fully saturated rings. The van der Waals surface area contributed by atoms with Gasteiger partial charge in [0.05, 0.1) is 13.2 Å². The highest BCUT2D eigenvalue weighted by Gasteiger charge is 2.18. The van der Waals surface area contributed by atoms with E-state index in [-0.39, 0.29) is 30.1 Å². The number of rotatable bonds is 8. The van der Waals surface area contributed by atoms with Crippen LogP contribution in [0.15, 0.2) is 53.5 Å². The Labute approximate surface area is 191 Å². The predicted octanol–water partition coefficient (Wildman–Crippen LogP) is 4.08. The summed E-state index contributed by atoms with van der Waals surface area (Å²) in [5, 5.41) is 6.79. The third-order valence-electron chi connectivity index (χ3n) is 4.85. The summed E-state index contributed by atoms with van der Waals surface area (Å²) in [5.74, 6) is 1.74. The van der Waals surface area contributed by atoms with Gasteiger partial charge in [-0.3, -0.25) is 4.99 Å². The van der Waals surface area contributed by atoms with Crippen LogP contribution in [0.3, 0.4) is 0 Å². The maximum absolute atomic E-state index is 6.18. The highest BCUT2D eigenvalue weighted by atomic mass is 127. The fraction of sp³-hybridized carbons (Fsp3) is 0.435. The predicted molar refractivity (Wildman–Crippen MR) is 129 cm³/mol. The number of nitrogens with zero attached hydrogens (tertiary/aromatic N) is 1. The third-order valence-corrected chi connectivity index (χ3v) is 4.85. The molecule has 0 aliphatic carbocycles. The van der Waals surface area contributed by atoms with Crippen molar-refractivity contribution < 1.29 is 9.47 Å². The van der Waals surface area contributed by atoms with Gasteiger partial charge < -0.3 is 20.1 Å². The van der Waals surface area contributed by atoms with Gasteiger partial charge in [-0.2, -0.15) is 0 Å². The molecule has 0 amide bonds. The molecule has 1 aliphatic rings. The fourth-order valence-electron chi connectivity index (χ4n) is 3.25. The summed E-state index contributed by atoms with van der Waals surface area (Å²) in [6.07, 6.45) is 3.22. The van der Waals surface area contributed by atoms with E-state index >= 15 is 0 Å². The Morgan fingerprint density at radius 2 is 2.00 bits per heavy atom. The number of guanidine groups is 1. The van der Waals surface area contributed by atoms with E-state index in [4.69, 9.17) is 9.47 Å². The minimum absolute atomic E-state index is 0. The first-order valence-corrected chi connectivity index (χ1v) is 10.1. The van der Waals surface area contributed by atoms with E-state index in [9.17, 15) is 0 Å². The molecule has 5 nitrogen and oxygen atoms in total. The van der Waals surface area contributed by atoms with Gasteiger partial charge in [-0.15, -0.1) is 24.0 Å². The lowest BCUT2D eigenvalue weighted by atomic mass is 10.1. The van der Waals surface area contributed by atoms with Gasteiger partial charge in [-0.05, 0) is 37.0 Å². The van der Waals surface area contributed by atoms with Gasteiger partial charge >= 0.3 is 0 Å². The molecule has 0 spiro atoms. The monoisotopic (exact) mass is 509 g/mol. The van der Waals surface area contributed by atoms with Crippen molar-refractivity contribution in [3.63, 3.8) is 0 Å². The lowest BCUT2D eigenvalue weighted by Crippen LogP contribution is -2.37. The molecular weight excluding hydrogens is 477 g/mol. The Kier molecular flexibility index (Phi) is 10.3. The van der Waals surface area contributed by atoms with E-state index in [1.807, 2.05) is 0 Å². The van der Waals surface area contributed by atoms with E-state index in [2.05, 4.69) is 71.1 Å². The summed E-state index contributed by atoms with van der Waals surface area (Å²) in [6, 6.07) is 16.9. The van der Waals surface area contributed by atoms with Crippen LogP contribution in [0.1, 0.15) is 29.5 Å². The molecule has 1 atom stereocenters. The van der Waals surface area contributed by atoms with Gasteiger partial charge in [-0.1, -0.05) is 42.5 Å². The van der Waals surface area contributed by atoms with Crippen molar-refractivity contribution in [2.24, 2.45) is 4.99 Å². The molecule has 2 aromatic carbocycles. The first kappa shape index (κ1) is 23.5. The third kappa shape index (κ3) is 7.85. The first-order chi connectivity index (χ1) is 13.7. The fourth-order valence-corrected chi connectivity index (χ4v) is 3.25. The molecule has 0 saturated carbocycles. The minimum Gasteiger partial charge on any atom is -0.488 e. The number of aliphatic imine (C=N–C) groups is 1. The molecule has 29 heavy (non-hydrogen) atoms. The standard InChI is InChI=1S/C23H31N3O2.HI/c1-18-10-11-20(22(15-18)28-21-12-14-27-17-21)16-26-23(24-2)25-13-6-9-19-7-4-3-5-8-19;/h3-5,7-8,10-11,15,21H,6,9,12-14,16-17H2,1-2H3,(H2,24,25,26);1H. The second kappa shape index (κ2) is 12.7. The zero-order valence-corrected chi connectivity index (χ0v) is 19.6. The summed E-state index contributed by atoms with van der Waals surface area (Å²) < 4.78 is 11.6. The average molecular weight is 509 g/mol. The summed E-state index contributed by atoms with van der Waals surface area (Å²) in [5.41, 5.74) is 3.69. The minimum atomic E-state index is 0. The molecule has 1 unspecified atom stereocenters. The Balaban J connectivity index is 0.00000300. The Morgan fingerprint density at radius 1 is 1.17 bits per heavy atom. The number of halogens is 1. The topological polar surface area (TPSA) is 54.9 Å². The van der Waals surface area contributed by atoms with E-state index in [0.717, 1.165) is 49.7 Å². The molecule has 0 aromatic heterocycles. The van der Waals surface area contributed by atoms with Crippen molar-refractivity contribution >= 4 is 29.9 Å². The molecule has 6 heteroatoms. The van der Waals surface area contributed by atoms with E-state index < -0.39 is 0 Å². The van der Waals surface area contributed by atoms with Crippen LogP contribution >= 0.6 is 24.0 Å². The number of ether oxygens (including phenoxy) is 2. The number of aryl methyl sites for hydroxylation is 2. The molecule has 1 heterocycles. The Bertz CT molecular complexity index is 762. The van der Waals surface area contributed by atoms with Crippen molar-refractivity contribution in [3.8, 4) is 5.75 Å². The van der Waals surface area contributed by atoms with Crippen LogP contribution in [-0.4, -0.2) is 38.9 Å². The molecule has 2 aromatic rings. The van der Waals surface area contributed by atoms with Gasteiger partial charge in [0, 0.05) is 32.1 Å². The quantitative estimate of drug-likeness (QED) is 0.244. The van der Waals surface area contributed by atoms with Crippen LogP contribution in [0.4, 0.5) is 0 Å². The highest BCUT2D eigenvalue weighted by Crippen LogP contribution is 2.23. The van der Waals surface area contributed by atoms with Gasteiger partial charge in [-0.25, -0.2) is 0 Å². The lowest BCUT2D eigenvalue weighted by Gasteiger charge is -2.18. The van der Waals surface area contributed by atoms with Crippen molar-refractivity contribution in [3.05, 3.63) is 65.2 Å². The van der Waals surface area contributed by atoms with Crippen molar-refractivity contribution in [1.29, 1.82) is 0 Å². The highest BCUT2D eigenvalue weighted by molar-refractivity contribution is 14.0. The van der Waals surface area contributed by atoms with Crippen LogP contribution in [0.2, 0.25) is 0 Å². The van der Waals surface area contributed by atoms with Crippen LogP contribution in [0.5, 0.6) is 5.75 Å². The Hall–Kier alpha value is -1.80. The van der Waals surface area contributed by atoms with Crippen LogP contribution in [-0.2, 0) is 17.7 Å². The van der Waals surface area contributed by atoms with Gasteiger partial charge in [0.1, 0.15) is 11.9 Å². The molecule has 0 radical (unpaired) electrons. The van der Waals surface area contributed by atoms with E-state index in [1.165, 1.54) is 11.1 Å². The van der Waals surface area contributed by atoms with Gasteiger partial charge in [0.15, 0.2) is 5.96 Å². The summed E-state index contributed by atoms with van der Waals surface area (Å²) in [7, 11) is 1.80. The number of benzene rings is 2. The average Bonchev–Trinajstić information content (AvgIpc) is 3.22. The molecule has 2 N–H and O–H groups in total. The van der Waals surface area contributed by atoms with Crippen molar-refractivity contribution in [2.45, 2.75) is 38.8 Å². The number of hydrogen-bond acceptors (Lipinski definition) is 3. The maximum Gasteiger partial charge on any atom is 0.191 e. The van der Waals surface area contributed by atoms with Gasteiger partial charge in [0.2, 0.25) is 0 Å². The maximum atomic E-state index is 6.18. The lowest BCUT2D eigenvalue weighted by molar-refractivity contribution is 0.140. The number of nitrogens with one attached hydrogen (secondary N) is 2. The van der Waals surface area contributed by atoms with Gasteiger partial charge in [0.25, 0.3) is 0 Å². The molecular formula is C23H32IN3O2. The van der Waals surface area contributed by atoms with Crippen LogP contribution in [0, 0.1) is 6.92 Å². The molecule has 1 saturated heterocycles. The summed E-state index contributed by atoms with van der Waals surface area (Å²) in [6.45, 7) is 5.09. The SMILES string of the molecule is CN=C(NCCCc1ccccc1)NCc1ccc(C)cc1OC1CCOC1.I. The first-order valence-electron chi connectivity index (χ1n) is 10.1. The van der Waals surface area contributed by atoms with E-state index in [0.29, 0.717) is 13.2 Å². The van der Waals surface area contributed by atoms with Crippen molar-refractivity contribution in [1.82, 2.24) is 10.6 Å². The molecule has 0 bridgehead atoms. The zero-order valence-electron chi connectivity index (χ0n) is 17.3. The smallest absolute Gasteiger partial charge is 0.191 e. The van der Waals surface area contributed by atoms with Crippen LogP contribution in [0.25, 0.3) is 0 Å². The largest absolute Gasteiger partial charge is 0.488 e. The van der Waals surface area contributed by atoms with Crippen molar-refractivity contribution in [2.75, 3.05) is 26.8 Å².